The summed E-state index contributed by atoms with van der Waals surface area (Å²) in [7, 11) is 0. The molecule has 0 spiro atoms. The van der Waals surface area contributed by atoms with Crippen LogP contribution >= 0.6 is 11.8 Å². The molecule has 7 heteroatoms. The molecule has 0 radical (unpaired) electrons. The van der Waals surface area contributed by atoms with Crippen LogP contribution in [0, 0.1) is 5.82 Å². The molecule has 29 heavy (non-hydrogen) atoms. The van der Waals surface area contributed by atoms with Crippen LogP contribution in [0.25, 0.3) is 0 Å². The molecule has 1 aliphatic heterocycles. The van der Waals surface area contributed by atoms with Crippen LogP contribution in [0.4, 0.5) is 4.39 Å². The van der Waals surface area contributed by atoms with E-state index in [4.69, 9.17) is 0 Å². The molecule has 4 rings (SSSR count). The number of likely N-dealkylation sites (tertiary alicyclic amines) is 1. The lowest BCUT2D eigenvalue weighted by atomic mass is 10.1. The first-order valence-electron chi connectivity index (χ1n) is 10.0. The monoisotopic (exact) mass is 413 g/mol. The number of rotatable bonds is 5. The second kappa shape index (κ2) is 8.53. The number of halogens is 1. The second-order valence-corrected chi connectivity index (χ2v) is 8.85. The van der Waals surface area contributed by atoms with Crippen LogP contribution in [0.3, 0.4) is 0 Å². The summed E-state index contributed by atoms with van der Waals surface area (Å²) in [4.78, 5) is 31.8. The van der Waals surface area contributed by atoms with Gasteiger partial charge in [0.1, 0.15) is 10.8 Å². The van der Waals surface area contributed by atoms with Gasteiger partial charge in [-0.25, -0.2) is 9.37 Å². The molecule has 0 bridgehead atoms. The number of nitrogens with one attached hydrogen (secondary N) is 1. The van der Waals surface area contributed by atoms with Crippen LogP contribution in [-0.2, 0) is 11.2 Å². The highest BCUT2D eigenvalue weighted by atomic mass is 32.2. The Balaban J connectivity index is 1.48. The molecule has 2 aromatic rings. The Morgan fingerprint density at radius 3 is 2.83 bits per heavy atom. The Bertz CT molecular complexity index is 930. The third kappa shape index (κ3) is 4.15. The van der Waals surface area contributed by atoms with Crippen LogP contribution in [0.1, 0.15) is 53.7 Å². The van der Waals surface area contributed by atoms with Gasteiger partial charge in [-0.05, 0) is 61.9 Å². The summed E-state index contributed by atoms with van der Waals surface area (Å²) >= 11 is 1.32. The maximum absolute atomic E-state index is 14.0. The van der Waals surface area contributed by atoms with E-state index in [1.54, 1.807) is 24.4 Å². The first-order valence-corrected chi connectivity index (χ1v) is 10.9. The van der Waals surface area contributed by atoms with Crippen molar-refractivity contribution in [2.45, 2.75) is 48.9 Å². The molecule has 2 heterocycles. The van der Waals surface area contributed by atoms with Gasteiger partial charge in [-0.15, -0.1) is 0 Å². The molecule has 2 atom stereocenters. The molecule has 1 N–H and O–H groups in total. The van der Waals surface area contributed by atoms with Gasteiger partial charge in [0, 0.05) is 19.3 Å². The Labute approximate surface area is 174 Å². The van der Waals surface area contributed by atoms with Gasteiger partial charge >= 0.3 is 0 Å². The molecule has 1 aromatic heterocycles. The fourth-order valence-corrected chi connectivity index (χ4v) is 5.06. The number of carbonyl (C=O) groups is 2. The minimum absolute atomic E-state index is 0.0877. The van der Waals surface area contributed by atoms with Crippen LogP contribution in [-0.4, -0.2) is 40.0 Å². The lowest BCUT2D eigenvalue weighted by Crippen LogP contribution is -2.34. The molecule has 1 fully saturated rings. The van der Waals surface area contributed by atoms with Crippen molar-refractivity contribution in [2.24, 2.45) is 0 Å². The van der Waals surface area contributed by atoms with Crippen molar-refractivity contribution in [3.8, 4) is 0 Å². The smallest absolute Gasteiger partial charge is 0.254 e. The topological polar surface area (TPSA) is 62.3 Å². The highest BCUT2D eigenvalue weighted by Crippen LogP contribution is 2.33. The molecule has 1 aromatic carbocycles. The summed E-state index contributed by atoms with van der Waals surface area (Å²) in [5.41, 5.74) is 1.97. The highest BCUT2D eigenvalue weighted by Gasteiger charge is 2.29. The van der Waals surface area contributed by atoms with Crippen molar-refractivity contribution >= 4 is 23.6 Å². The number of carbonyl (C=O) groups excluding carboxylic acids is 2. The molecule has 2 aliphatic rings. The highest BCUT2D eigenvalue weighted by molar-refractivity contribution is 8.00. The van der Waals surface area contributed by atoms with Gasteiger partial charge in [0.25, 0.3) is 5.91 Å². The quantitative estimate of drug-likeness (QED) is 0.759. The summed E-state index contributed by atoms with van der Waals surface area (Å²) in [5, 5.41) is 3.26. The van der Waals surface area contributed by atoms with Crippen molar-refractivity contribution in [1.82, 2.24) is 15.2 Å². The number of thioether (sulfide) groups is 1. The lowest BCUT2D eigenvalue weighted by molar-refractivity contribution is -0.129. The van der Waals surface area contributed by atoms with Crippen molar-refractivity contribution in [1.29, 1.82) is 0 Å². The molecule has 5 nitrogen and oxygen atoms in total. The zero-order valence-electron chi connectivity index (χ0n) is 16.4. The summed E-state index contributed by atoms with van der Waals surface area (Å²) in [6.45, 7) is 3.46. The zero-order chi connectivity index (χ0) is 20.4. The van der Waals surface area contributed by atoms with Gasteiger partial charge in [-0.2, -0.15) is 0 Å². The molecular weight excluding hydrogens is 389 g/mol. The van der Waals surface area contributed by atoms with Crippen molar-refractivity contribution < 1.29 is 14.0 Å². The predicted octanol–water partition coefficient (Wildman–Crippen LogP) is 3.74. The minimum Gasteiger partial charge on any atom is -0.345 e. The summed E-state index contributed by atoms with van der Waals surface area (Å²) in [6.07, 6.45) is 5.01. The number of fused-ring (bicyclic) bond motifs is 1. The Kier molecular flexibility index (Phi) is 5.85. The molecule has 1 aliphatic carbocycles. The number of aromatic nitrogens is 1. The van der Waals surface area contributed by atoms with E-state index >= 15 is 0 Å². The summed E-state index contributed by atoms with van der Waals surface area (Å²) in [6, 6.07) is 8.22. The SMILES string of the molecule is CC(Sc1ncccc1C(=O)NC1CCc2c(F)cccc21)C(=O)N1CCCC1. The predicted molar refractivity (Wildman–Crippen MR) is 110 cm³/mol. The Hall–Kier alpha value is -2.41. The van der Waals surface area contributed by atoms with Crippen LogP contribution < -0.4 is 5.32 Å². The number of amides is 2. The molecule has 2 unspecified atom stereocenters. The van der Waals surface area contributed by atoms with Crippen LogP contribution in [0.15, 0.2) is 41.6 Å². The standard InChI is InChI=1S/C22H24FN3O2S/c1-14(22(28)26-12-2-3-13-26)29-21-17(7-5-11-24-21)20(27)25-19-10-9-15-16(19)6-4-8-18(15)23/h4-8,11,14,19H,2-3,9-10,12-13H2,1H3,(H,25,27). The zero-order valence-corrected chi connectivity index (χ0v) is 17.2. The van der Waals surface area contributed by atoms with Gasteiger partial charge in [0.2, 0.25) is 5.91 Å². The Morgan fingerprint density at radius 2 is 2.03 bits per heavy atom. The minimum atomic E-state index is -0.309. The number of hydrogen-bond acceptors (Lipinski definition) is 4. The van der Waals surface area contributed by atoms with E-state index in [0.29, 0.717) is 29.0 Å². The number of hydrogen-bond donors (Lipinski definition) is 1. The van der Waals surface area contributed by atoms with E-state index in [1.807, 2.05) is 17.9 Å². The third-order valence-corrected chi connectivity index (χ3v) is 6.69. The number of nitrogens with zero attached hydrogens (tertiary/aromatic N) is 2. The van der Waals surface area contributed by atoms with E-state index in [0.717, 1.165) is 31.5 Å². The second-order valence-electron chi connectivity index (χ2n) is 7.52. The van der Waals surface area contributed by atoms with Gasteiger partial charge in [0.15, 0.2) is 0 Å². The summed E-state index contributed by atoms with van der Waals surface area (Å²) < 4.78 is 14.0. The number of pyridine rings is 1. The average molecular weight is 414 g/mol. The van der Waals surface area contributed by atoms with E-state index in [-0.39, 0.29) is 28.9 Å². The normalized spacial score (nSPS) is 19.1. The maximum atomic E-state index is 14.0. The molecule has 2 amide bonds. The molecule has 152 valence electrons. The van der Waals surface area contributed by atoms with E-state index < -0.39 is 0 Å². The molecule has 1 saturated heterocycles. The van der Waals surface area contributed by atoms with Gasteiger partial charge in [0.05, 0.1) is 16.9 Å². The molecule has 0 saturated carbocycles. The molecular formula is C22H24FN3O2S. The fraction of sp³-hybridized carbons (Fsp3) is 0.409. The van der Waals surface area contributed by atoms with Gasteiger partial charge in [-0.1, -0.05) is 23.9 Å². The van der Waals surface area contributed by atoms with Gasteiger partial charge < -0.3 is 10.2 Å². The Morgan fingerprint density at radius 1 is 1.24 bits per heavy atom. The van der Waals surface area contributed by atoms with Gasteiger partial charge in [-0.3, -0.25) is 9.59 Å². The maximum Gasteiger partial charge on any atom is 0.254 e. The third-order valence-electron chi connectivity index (χ3n) is 5.59. The van der Waals surface area contributed by atoms with Crippen LogP contribution in [0.2, 0.25) is 0 Å². The average Bonchev–Trinajstić information content (AvgIpc) is 3.39. The van der Waals surface area contributed by atoms with Crippen molar-refractivity contribution in [2.75, 3.05) is 13.1 Å². The first kappa shape index (κ1) is 19.9. The van der Waals surface area contributed by atoms with E-state index in [9.17, 15) is 14.0 Å². The van der Waals surface area contributed by atoms with Crippen molar-refractivity contribution in [3.63, 3.8) is 0 Å². The first-order chi connectivity index (χ1) is 14.0. The fourth-order valence-electron chi connectivity index (χ4n) is 4.07. The number of benzene rings is 1. The van der Waals surface area contributed by atoms with Crippen molar-refractivity contribution in [3.05, 3.63) is 59.0 Å². The largest absolute Gasteiger partial charge is 0.345 e. The van der Waals surface area contributed by atoms with E-state index in [2.05, 4.69) is 10.3 Å². The van der Waals surface area contributed by atoms with Crippen LogP contribution in [0.5, 0.6) is 0 Å². The van der Waals surface area contributed by atoms with E-state index in [1.165, 1.54) is 17.8 Å². The lowest BCUT2D eigenvalue weighted by Gasteiger charge is -2.20. The summed E-state index contributed by atoms with van der Waals surface area (Å²) in [5.74, 6) is -0.376.